The van der Waals surface area contributed by atoms with E-state index >= 15 is 0 Å². The molecule has 0 saturated carbocycles. The maximum Gasteiger partial charge on any atom is 0.254 e. The molecule has 7 heteroatoms. The van der Waals surface area contributed by atoms with Gasteiger partial charge in [0.25, 0.3) is 5.91 Å². The second-order valence-electron chi connectivity index (χ2n) is 6.29. The molecule has 1 aliphatic rings. The third kappa shape index (κ3) is 3.45. The minimum Gasteiger partial charge on any atom is -0.368 e. The quantitative estimate of drug-likeness (QED) is 0.906. The standard InChI is InChI=1S/C18H21N5O2/c1-22(2)16-11-20-10-14(21-16)12-5-7-13(8-6-12)18(25)23-9-3-4-15(23)17(19)24/h5-8,10-11,15H,3-4,9H2,1-2H3,(H2,19,24). The lowest BCUT2D eigenvalue weighted by Crippen LogP contribution is -2.43. The van der Waals surface area contributed by atoms with E-state index in [1.54, 1.807) is 29.4 Å². The number of amides is 2. The predicted molar refractivity (Wildman–Crippen MR) is 95.0 cm³/mol. The molecule has 7 nitrogen and oxygen atoms in total. The molecule has 0 bridgehead atoms. The fourth-order valence-corrected chi connectivity index (χ4v) is 2.97. The number of nitrogens with two attached hydrogens (primary N) is 1. The van der Waals surface area contributed by atoms with Gasteiger partial charge in [-0.3, -0.25) is 14.6 Å². The first-order valence-corrected chi connectivity index (χ1v) is 8.17. The Bertz CT molecular complexity index is 788. The maximum atomic E-state index is 12.6. The number of anilines is 1. The number of primary amides is 1. The maximum absolute atomic E-state index is 12.6. The summed E-state index contributed by atoms with van der Waals surface area (Å²) in [5, 5.41) is 0. The highest BCUT2D eigenvalue weighted by Crippen LogP contribution is 2.23. The molecule has 2 N–H and O–H groups in total. The first kappa shape index (κ1) is 16.9. The van der Waals surface area contributed by atoms with E-state index in [9.17, 15) is 9.59 Å². The number of likely N-dealkylation sites (tertiary alicyclic amines) is 1. The molecule has 2 aromatic rings. The third-order valence-electron chi connectivity index (χ3n) is 4.35. The summed E-state index contributed by atoms with van der Waals surface area (Å²) in [6.07, 6.45) is 4.81. The molecule has 2 heterocycles. The van der Waals surface area contributed by atoms with Crippen LogP contribution in [-0.4, -0.2) is 53.4 Å². The molecule has 1 atom stereocenters. The van der Waals surface area contributed by atoms with Crippen molar-refractivity contribution < 1.29 is 9.59 Å². The molecule has 0 aliphatic carbocycles. The summed E-state index contributed by atoms with van der Waals surface area (Å²) in [6, 6.07) is 6.67. The molecule has 0 spiro atoms. The Kier molecular flexibility index (Phi) is 4.65. The summed E-state index contributed by atoms with van der Waals surface area (Å²) < 4.78 is 0. The Labute approximate surface area is 146 Å². The van der Waals surface area contributed by atoms with Crippen LogP contribution < -0.4 is 10.6 Å². The van der Waals surface area contributed by atoms with Gasteiger partial charge in [0.15, 0.2) is 0 Å². The van der Waals surface area contributed by atoms with Crippen molar-refractivity contribution >= 4 is 17.6 Å². The molecule has 2 amide bonds. The van der Waals surface area contributed by atoms with Gasteiger partial charge < -0.3 is 15.5 Å². The number of nitrogens with zero attached hydrogens (tertiary/aromatic N) is 4. The van der Waals surface area contributed by atoms with Crippen molar-refractivity contribution in [2.75, 3.05) is 25.5 Å². The van der Waals surface area contributed by atoms with Crippen LogP contribution in [0.1, 0.15) is 23.2 Å². The van der Waals surface area contributed by atoms with Gasteiger partial charge in [-0.2, -0.15) is 0 Å². The molecule has 1 saturated heterocycles. The Balaban J connectivity index is 1.82. The van der Waals surface area contributed by atoms with Gasteiger partial charge in [0, 0.05) is 31.8 Å². The van der Waals surface area contributed by atoms with Gasteiger partial charge in [-0.15, -0.1) is 0 Å². The average molecular weight is 339 g/mol. The number of aromatic nitrogens is 2. The number of carbonyl (C=O) groups excluding carboxylic acids is 2. The minimum atomic E-state index is -0.505. The van der Waals surface area contributed by atoms with Crippen LogP contribution in [0.2, 0.25) is 0 Å². The zero-order valence-electron chi connectivity index (χ0n) is 14.3. The summed E-state index contributed by atoms with van der Waals surface area (Å²) in [4.78, 5) is 36.3. The number of hydrogen-bond acceptors (Lipinski definition) is 5. The van der Waals surface area contributed by atoms with Crippen LogP contribution >= 0.6 is 0 Å². The highest BCUT2D eigenvalue weighted by Gasteiger charge is 2.33. The van der Waals surface area contributed by atoms with Gasteiger partial charge in [-0.1, -0.05) is 12.1 Å². The minimum absolute atomic E-state index is 0.166. The Morgan fingerprint density at radius 3 is 2.56 bits per heavy atom. The summed E-state index contributed by atoms with van der Waals surface area (Å²) in [5.41, 5.74) is 7.54. The molecule has 1 aliphatic heterocycles. The lowest BCUT2D eigenvalue weighted by atomic mass is 10.1. The SMILES string of the molecule is CN(C)c1cncc(-c2ccc(C(=O)N3CCCC3C(N)=O)cc2)n1. The lowest BCUT2D eigenvalue weighted by molar-refractivity contribution is -0.121. The first-order chi connectivity index (χ1) is 12.0. The van der Waals surface area contributed by atoms with Gasteiger partial charge in [0.05, 0.1) is 18.1 Å². The van der Waals surface area contributed by atoms with Crippen molar-refractivity contribution in [3.63, 3.8) is 0 Å². The van der Waals surface area contributed by atoms with E-state index in [1.165, 1.54) is 0 Å². The van der Waals surface area contributed by atoms with Crippen LogP contribution in [0.4, 0.5) is 5.82 Å². The van der Waals surface area contributed by atoms with Crippen molar-refractivity contribution in [2.45, 2.75) is 18.9 Å². The van der Waals surface area contributed by atoms with Crippen molar-refractivity contribution in [3.05, 3.63) is 42.2 Å². The van der Waals surface area contributed by atoms with E-state index in [1.807, 2.05) is 31.1 Å². The van der Waals surface area contributed by atoms with E-state index in [4.69, 9.17) is 5.73 Å². The monoisotopic (exact) mass is 339 g/mol. The molecule has 130 valence electrons. The Morgan fingerprint density at radius 1 is 1.20 bits per heavy atom. The van der Waals surface area contributed by atoms with Crippen LogP contribution in [0.3, 0.4) is 0 Å². The molecule has 1 fully saturated rings. The average Bonchev–Trinajstić information content (AvgIpc) is 3.11. The summed E-state index contributed by atoms with van der Waals surface area (Å²) in [7, 11) is 3.81. The van der Waals surface area contributed by atoms with Crippen LogP contribution in [0.25, 0.3) is 11.3 Å². The first-order valence-electron chi connectivity index (χ1n) is 8.17. The second kappa shape index (κ2) is 6.88. The highest BCUT2D eigenvalue weighted by atomic mass is 16.2. The van der Waals surface area contributed by atoms with Gasteiger partial charge in [0.2, 0.25) is 5.91 Å². The van der Waals surface area contributed by atoms with Gasteiger partial charge in [-0.25, -0.2) is 4.98 Å². The van der Waals surface area contributed by atoms with Gasteiger partial charge in [-0.05, 0) is 25.0 Å². The van der Waals surface area contributed by atoms with E-state index in [0.717, 1.165) is 23.5 Å². The van der Waals surface area contributed by atoms with Crippen LogP contribution in [0.5, 0.6) is 0 Å². The third-order valence-corrected chi connectivity index (χ3v) is 4.35. The topological polar surface area (TPSA) is 92.4 Å². The fourth-order valence-electron chi connectivity index (χ4n) is 2.97. The fraction of sp³-hybridized carbons (Fsp3) is 0.333. The van der Waals surface area contributed by atoms with Crippen LogP contribution in [0, 0.1) is 0 Å². The Hall–Kier alpha value is -2.96. The Morgan fingerprint density at radius 2 is 1.92 bits per heavy atom. The molecule has 3 rings (SSSR count). The summed E-state index contributed by atoms with van der Waals surface area (Å²) in [5.74, 6) is 0.151. The predicted octanol–water partition coefficient (Wildman–Crippen LogP) is 1.30. The van der Waals surface area contributed by atoms with Crippen molar-refractivity contribution in [2.24, 2.45) is 5.73 Å². The summed E-state index contributed by atoms with van der Waals surface area (Å²) >= 11 is 0. The van der Waals surface area contributed by atoms with E-state index in [-0.39, 0.29) is 5.91 Å². The van der Waals surface area contributed by atoms with Crippen LogP contribution in [-0.2, 0) is 4.79 Å². The molecule has 1 unspecified atom stereocenters. The van der Waals surface area contributed by atoms with E-state index in [0.29, 0.717) is 18.5 Å². The van der Waals surface area contributed by atoms with E-state index in [2.05, 4.69) is 9.97 Å². The highest BCUT2D eigenvalue weighted by molar-refractivity contribution is 5.98. The van der Waals surface area contributed by atoms with Crippen molar-refractivity contribution in [1.82, 2.24) is 14.9 Å². The summed E-state index contributed by atoms with van der Waals surface area (Å²) in [6.45, 7) is 0.560. The molecule has 0 radical (unpaired) electrons. The van der Waals surface area contributed by atoms with Crippen molar-refractivity contribution in [1.29, 1.82) is 0 Å². The van der Waals surface area contributed by atoms with E-state index < -0.39 is 11.9 Å². The normalized spacial score (nSPS) is 16.7. The number of rotatable bonds is 4. The zero-order valence-corrected chi connectivity index (χ0v) is 14.3. The van der Waals surface area contributed by atoms with Crippen molar-refractivity contribution in [3.8, 4) is 11.3 Å². The smallest absolute Gasteiger partial charge is 0.254 e. The molecule has 25 heavy (non-hydrogen) atoms. The number of hydrogen-bond donors (Lipinski definition) is 1. The molecule has 1 aromatic heterocycles. The second-order valence-corrected chi connectivity index (χ2v) is 6.29. The number of benzene rings is 1. The molecular formula is C18H21N5O2. The molecule has 1 aromatic carbocycles. The van der Waals surface area contributed by atoms with Gasteiger partial charge >= 0.3 is 0 Å². The molecular weight excluding hydrogens is 318 g/mol. The number of carbonyl (C=O) groups is 2. The lowest BCUT2D eigenvalue weighted by Gasteiger charge is -2.22. The van der Waals surface area contributed by atoms with Gasteiger partial charge in [0.1, 0.15) is 11.9 Å². The van der Waals surface area contributed by atoms with Crippen LogP contribution in [0.15, 0.2) is 36.7 Å². The largest absolute Gasteiger partial charge is 0.368 e. The zero-order chi connectivity index (χ0) is 18.0.